The lowest BCUT2D eigenvalue weighted by Gasteiger charge is -2.10. The zero-order chi connectivity index (χ0) is 12.0. The Morgan fingerprint density at radius 2 is 2.31 bits per heavy atom. The molecule has 0 unspecified atom stereocenters. The molecule has 16 heavy (non-hydrogen) atoms. The van der Waals surface area contributed by atoms with Gasteiger partial charge in [-0.05, 0) is 26.6 Å². The molecule has 0 saturated heterocycles. The number of hydrogen-bond donors (Lipinski definition) is 1. The summed E-state index contributed by atoms with van der Waals surface area (Å²) in [5.41, 5.74) is 0.0415. The third-order valence-corrected chi connectivity index (χ3v) is 1.91. The molecule has 0 aliphatic heterocycles. The van der Waals surface area contributed by atoms with E-state index in [4.69, 9.17) is 9.84 Å². The molecule has 1 N–H and O–H groups in total. The summed E-state index contributed by atoms with van der Waals surface area (Å²) in [7, 11) is 3.93. The minimum atomic E-state index is -1.06. The fourth-order valence-electron chi connectivity index (χ4n) is 1.14. The van der Waals surface area contributed by atoms with Gasteiger partial charge in [0.2, 0.25) is 5.88 Å². The zero-order valence-corrected chi connectivity index (χ0v) is 9.38. The van der Waals surface area contributed by atoms with E-state index >= 15 is 0 Å². The van der Waals surface area contributed by atoms with Gasteiger partial charge in [0.15, 0.2) is 0 Å². The van der Waals surface area contributed by atoms with Crippen LogP contribution in [-0.2, 0) is 0 Å². The van der Waals surface area contributed by atoms with Crippen molar-refractivity contribution in [3.05, 3.63) is 17.8 Å². The molecule has 88 valence electrons. The fraction of sp³-hybridized carbons (Fsp3) is 0.500. The van der Waals surface area contributed by atoms with Crippen molar-refractivity contribution in [3.63, 3.8) is 0 Å². The monoisotopic (exact) mass is 225 g/mol. The average molecular weight is 225 g/mol. The van der Waals surface area contributed by atoms with E-state index in [0.29, 0.717) is 6.61 Å². The number of hydrogen-bond acceptors (Lipinski definition) is 5. The summed E-state index contributed by atoms with van der Waals surface area (Å²) in [6, 6.07) is 1.37. The highest BCUT2D eigenvalue weighted by Gasteiger charge is 2.12. The molecule has 6 heteroatoms. The number of ether oxygens (including phenoxy) is 1. The van der Waals surface area contributed by atoms with Gasteiger partial charge in [0, 0.05) is 6.54 Å². The van der Waals surface area contributed by atoms with Gasteiger partial charge in [0.25, 0.3) is 0 Å². The minimum absolute atomic E-state index is 0.0415. The Kier molecular flexibility index (Phi) is 4.65. The Hall–Kier alpha value is -1.69. The first-order valence-corrected chi connectivity index (χ1v) is 4.93. The first-order valence-electron chi connectivity index (χ1n) is 4.93. The van der Waals surface area contributed by atoms with E-state index in [1.165, 1.54) is 12.3 Å². The molecule has 0 saturated carbocycles. The van der Waals surface area contributed by atoms with E-state index in [0.717, 1.165) is 13.0 Å². The lowest BCUT2D eigenvalue weighted by atomic mass is 10.3. The van der Waals surface area contributed by atoms with Crippen LogP contribution in [0.5, 0.6) is 5.88 Å². The summed E-state index contributed by atoms with van der Waals surface area (Å²) in [5.74, 6) is -0.980. The number of aromatic nitrogens is 2. The third kappa shape index (κ3) is 3.82. The number of carboxylic acid groups (broad SMARTS) is 1. The van der Waals surface area contributed by atoms with Crippen LogP contribution in [0.15, 0.2) is 12.3 Å². The van der Waals surface area contributed by atoms with Crippen LogP contribution in [0, 0.1) is 0 Å². The van der Waals surface area contributed by atoms with Crippen molar-refractivity contribution in [3.8, 4) is 5.88 Å². The molecule has 1 heterocycles. The molecular formula is C10H15N3O3. The van der Waals surface area contributed by atoms with E-state index in [2.05, 4.69) is 10.2 Å². The summed E-state index contributed by atoms with van der Waals surface area (Å²) in [5, 5.41) is 16.1. The summed E-state index contributed by atoms with van der Waals surface area (Å²) in [4.78, 5) is 12.8. The van der Waals surface area contributed by atoms with Crippen LogP contribution in [0.3, 0.4) is 0 Å². The maximum absolute atomic E-state index is 10.8. The Labute approximate surface area is 93.9 Å². The molecule has 0 atom stereocenters. The first kappa shape index (κ1) is 12.4. The van der Waals surface area contributed by atoms with E-state index in [-0.39, 0.29) is 11.4 Å². The summed E-state index contributed by atoms with van der Waals surface area (Å²) in [6.07, 6.45) is 2.14. The molecule has 1 aromatic heterocycles. The average Bonchev–Trinajstić information content (AvgIpc) is 2.24. The van der Waals surface area contributed by atoms with Crippen LogP contribution in [0.4, 0.5) is 0 Å². The predicted octanol–water partition coefficient (Wildman–Crippen LogP) is 0.505. The van der Waals surface area contributed by atoms with Crippen molar-refractivity contribution in [1.82, 2.24) is 15.1 Å². The van der Waals surface area contributed by atoms with Gasteiger partial charge in [-0.1, -0.05) is 0 Å². The quantitative estimate of drug-likeness (QED) is 0.711. The molecule has 0 aliphatic rings. The molecule has 0 aliphatic carbocycles. The predicted molar refractivity (Wildman–Crippen MR) is 57.7 cm³/mol. The SMILES string of the molecule is CN(C)CCCOc1nnccc1C(=O)O. The number of carbonyl (C=O) groups is 1. The molecule has 1 rings (SSSR count). The molecule has 0 amide bonds. The molecule has 0 bridgehead atoms. The molecule has 6 nitrogen and oxygen atoms in total. The highest BCUT2D eigenvalue weighted by Crippen LogP contribution is 2.12. The standard InChI is InChI=1S/C10H15N3O3/c1-13(2)6-3-7-16-9-8(10(14)15)4-5-11-12-9/h4-5H,3,6-7H2,1-2H3,(H,14,15). The van der Waals surface area contributed by atoms with Gasteiger partial charge in [0.05, 0.1) is 12.8 Å². The maximum Gasteiger partial charge on any atom is 0.341 e. The number of carboxylic acids is 1. The number of nitrogens with zero attached hydrogens (tertiary/aromatic N) is 3. The molecule has 0 aromatic carbocycles. The van der Waals surface area contributed by atoms with E-state index in [1.807, 2.05) is 19.0 Å². The Morgan fingerprint density at radius 3 is 2.94 bits per heavy atom. The Bertz CT molecular complexity index is 355. The summed E-state index contributed by atoms with van der Waals surface area (Å²) >= 11 is 0. The van der Waals surface area contributed by atoms with Crippen LogP contribution in [0.25, 0.3) is 0 Å². The van der Waals surface area contributed by atoms with Crippen molar-refractivity contribution in [1.29, 1.82) is 0 Å². The fourth-order valence-corrected chi connectivity index (χ4v) is 1.14. The second-order valence-corrected chi connectivity index (χ2v) is 3.56. The smallest absolute Gasteiger partial charge is 0.341 e. The molecule has 0 radical (unpaired) electrons. The Morgan fingerprint density at radius 1 is 1.56 bits per heavy atom. The highest BCUT2D eigenvalue weighted by atomic mass is 16.5. The Balaban J connectivity index is 2.50. The summed E-state index contributed by atoms with van der Waals surface area (Å²) in [6.45, 7) is 1.31. The van der Waals surface area contributed by atoms with Gasteiger partial charge < -0.3 is 14.7 Å². The topological polar surface area (TPSA) is 75.5 Å². The minimum Gasteiger partial charge on any atom is -0.477 e. The van der Waals surface area contributed by atoms with Gasteiger partial charge in [-0.2, -0.15) is 5.10 Å². The highest BCUT2D eigenvalue weighted by molar-refractivity contribution is 5.89. The van der Waals surface area contributed by atoms with Crippen LogP contribution in [0.2, 0.25) is 0 Å². The van der Waals surface area contributed by atoms with Gasteiger partial charge in [-0.3, -0.25) is 0 Å². The molecule has 1 aromatic rings. The van der Waals surface area contributed by atoms with Crippen molar-refractivity contribution in [2.24, 2.45) is 0 Å². The van der Waals surface area contributed by atoms with Gasteiger partial charge >= 0.3 is 5.97 Å². The van der Waals surface area contributed by atoms with E-state index in [1.54, 1.807) is 0 Å². The van der Waals surface area contributed by atoms with Gasteiger partial charge in [-0.15, -0.1) is 5.10 Å². The maximum atomic E-state index is 10.8. The van der Waals surface area contributed by atoms with Crippen LogP contribution in [0.1, 0.15) is 16.8 Å². The number of rotatable bonds is 6. The van der Waals surface area contributed by atoms with Crippen molar-refractivity contribution >= 4 is 5.97 Å². The number of aromatic carboxylic acids is 1. The lowest BCUT2D eigenvalue weighted by Crippen LogP contribution is -2.16. The van der Waals surface area contributed by atoms with Gasteiger partial charge in [-0.25, -0.2) is 4.79 Å². The second-order valence-electron chi connectivity index (χ2n) is 3.56. The molecule has 0 fully saturated rings. The van der Waals surface area contributed by atoms with Crippen molar-refractivity contribution < 1.29 is 14.6 Å². The van der Waals surface area contributed by atoms with Crippen LogP contribution < -0.4 is 4.74 Å². The van der Waals surface area contributed by atoms with E-state index < -0.39 is 5.97 Å². The van der Waals surface area contributed by atoms with Gasteiger partial charge in [0.1, 0.15) is 5.56 Å². The van der Waals surface area contributed by atoms with Crippen molar-refractivity contribution in [2.75, 3.05) is 27.2 Å². The van der Waals surface area contributed by atoms with Crippen LogP contribution >= 0.6 is 0 Å². The third-order valence-electron chi connectivity index (χ3n) is 1.91. The second kappa shape index (κ2) is 6.02. The molecule has 0 spiro atoms. The van der Waals surface area contributed by atoms with Crippen LogP contribution in [-0.4, -0.2) is 53.4 Å². The first-order chi connectivity index (χ1) is 7.61. The van der Waals surface area contributed by atoms with Crippen molar-refractivity contribution in [2.45, 2.75) is 6.42 Å². The molecular weight excluding hydrogens is 210 g/mol. The lowest BCUT2D eigenvalue weighted by molar-refractivity contribution is 0.0690. The normalized spacial score (nSPS) is 10.4. The zero-order valence-electron chi connectivity index (χ0n) is 9.38. The largest absolute Gasteiger partial charge is 0.477 e. The van der Waals surface area contributed by atoms with E-state index in [9.17, 15) is 4.79 Å². The summed E-state index contributed by atoms with van der Waals surface area (Å²) < 4.78 is 5.27.